The summed E-state index contributed by atoms with van der Waals surface area (Å²) in [6.07, 6.45) is 1.43. The highest BCUT2D eigenvalue weighted by atomic mass is 32.2. The van der Waals surface area contributed by atoms with Gasteiger partial charge in [-0.1, -0.05) is 12.1 Å². The molecule has 0 unspecified atom stereocenters. The SMILES string of the molecule is O=C(c1ccc(S(=O)(=O)N2CCC(c3nc4ccccc4[nH]3)CC2)cc1)N1CCOCC1. The van der Waals surface area contributed by atoms with Crippen molar-refractivity contribution in [3.63, 3.8) is 0 Å². The van der Waals surface area contributed by atoms with Gasteiger partial charge in [-0.25, -0.2) is 13.4 Å². The first-order valence-corrected chi connectivity index (χ1v) is 12.4. The molecule has 1 amide bonds. The van der Waals surface area contributed by atoms with Crippen LogP contribution in [0.5, 0.6) is 0 Å². The van der Waals surface area contributed by atoms with Gasteiger partial charge in [0.15, 0.2) is 0 Å². The van der Waals surface area contributed by atoms with E-state index >= 15 is 0 Å². The normalized spacial score (nSPS) is 18.8. The lowest BCUT2D eigenvalue weighted by Crippen LogP contribution is -2.40. The molecule has 9 heteroatoms. The lowest BCUT2D eigenvalue weighted by molar-refractivity contribution is 0.0303. The average molecular weight is 455 g/mol. The smallest absolute Gasteiger partial charge is 0.254 e. The predicted octanol–water partition coefficient (Wildman–Crippen LogP) is 2.60. The highest BCUT2D eigenvalue weighted by Crippen LogP contribution is 2.30. The standard InChI is InChI=1S/C23H26N4O4S/c28-23(26-13-15-31-16-14-26)18-5-7-19(8-6-18)32(29,30)27-11-9-17(10-12-27)22-24-20-3-1-2-4-21(20)25-22/h1-8,17H,9-16H2,(H,24,25). The number of piperidine rings is 1. The molecule has 8 nitrogen and oxygen atoms in total. The van der Waals surface area contributed by atoms with Crippen molar-refractivity contribution in [2.45, 2.75) is 23.7 Å². The van der Waals surface area contributed by atoms with E-state index in [4.69, 9.17) is 4.74 Å². The molecular weight excluding hydrogens is 428 g/mol. The first-order valence-electron chi connectivity index (χ1n) is 10.9. The fraction of sp³-hybridized carbons (Fsp3) is 0.391. The van der Waals surface area contributed by atoms with Gasteiger partial charge in [0.2, 0.25) is 10.0 Å². The number of H-pyrrole nitrogens is 1. The van der Waals surface area contributed by atoms with E-state index in [1.807, 2.05) is 24.3 Å². The molecule has 0 aliphatic carbocycles. The third-order valence-corrected chi connectivity index (χ3v) is 8.20. The number of sulfonamides is 1. The number of hydrogen-bond acceptors (Lipinski definition) is 5. The number of hydrogen-bond donors (Lipinski definition) is 1. The number of aromatic nitrogens is 2. The molecule has 2 aliphatic rings. The number of nitrogens with one attached hydrogen (secondary N) is 1. The van der Waals surface area contributed by atoms with Gasteiger partial charge in [0.05, 0.1) is 29.1 Å². The number of aromatic amines is 1. The van der Waals surface area contributed by atoms with Crippen LogP contribution in [0.4, 0.5) is 0 Å². The van der Waals surface area contributed by atoms with E-state index in [0.29, 0.717) is 57.8 Å². The molecule has 32 heavy (non-hydrogen) atoms. The molecule has 0 bridgehead atoms. The summed E-state index contributed by atoms with van der Waals surface area (Å²) in [5, 5.41) is 0. The molecule has 2 aliphatic heterocycles. The largest absolute Gasteiger partial charge is 0.378 e. The van der Waals surface area contributed by atoms with Crippen molar-refractivity contribution < 1.29 is 17.9 Å². The maximum atomic E-state index is 13.1. The number of nitrogens with zero attached hydrogens (tertiary/aromatic N) is 3. The quantitative estimate of drug-likeness (QED) is 0.654. The third-order valence-electron chi connectivity index (χ3n) is 6.29. The van der Waals surface area contributed by atoms with Crippen molar-refractivity contribution in [2.75, 3.05) is 39.4 Å². The Kier molecular flexibility index (Phi) is 5.71. The second kappa shape index (κ2) is 8.65. The van der Waals surface area contributed by atoms with E-state index in [1.165, 1.54) is 16.4 Å². The number of imidazole rings is 1. The van der Waals surface area contributed by atoms with E-state index in [1.54, 1.807) is 17.0 Å². The van der Waals surface area contributed by atoms with Gasteiger partial charge in [-0.05, 0) is 49.2 Å². The molecule has 0 saturated carbocycles. The highest BCUT2D eigenvalue weighted by Gasteiger charge is 2.31. The van der Waals surface area contributed by atoms with Crippen LogP contribution in [0.1, 0.15) is 34.9 Å². The Morgan fingerprint density at radius 3 is 2.34 bits per heavy atom. The summed E-state index contributed by atoms with van der Waals surface area (Å²) in [4.78, 5) is 22.6. The van der Waals surface area contributed by atoms with Gasteiger partial charge in [0.25, 0.3) is 5.91 Å². The average Bonchev–Trinajstić information content (AvgIpc) is 3.29. The molecule has 0 spiro atoms. The second-order valence-electron chi connectivity index (χ2n) is 8.25. The molecule has 2 saturated heterocycles. The van der Waals surface area contributed by atoms with Gasteiger partial charge in [-0.15, -0.1) is 0 Å². The molecular formula is C23H26N4O4S. The molecule has 5 rings (SSSR count). The topological polar surface area (TPSA) is 95.6 Å². The Bertz CT molecular complexity index is 1180. The minimum atomic E-state index is -3.60. The Hall–Kier alpha value is -2.75. The summed E-state index contributed by atoms with van der Waals surface area (Å²) in [6.45, 7) is 3.06. The Morgan fingerprint density at radius 1 is 0.969 bits per heavy atom. The number of rotatable bonds is 4. The van der Waals surface area contributed by atoms with Crippen molar-refractivity contribution in [1.82, 2.24) is 19.2 Å². The number of carbonyl (C=O) groups excluding carboxylic acids is 1. The van der Waals surface area contributed by atoms with Crippen LogP contribution in [0.2, 0.25) is 0 Å². The van der Waals surface area contributed by atoms with Crippen LogP contribution in [-0.2, 0) is 14.8 Å². The first-order chi connectivity index (χ1) is 15.5. The van der Waals surface area contributed by atoms with E-state index in [-0.39, 0.29) is 16.7 Å². The van der Waals surface area contributed by atoms with Gasteiger partial charge in [-0.3, -0.25) is 4.79 Å². The minimum absolute atomic E-state index is 0.0936. The molecule has 2 aromatic carbocycles. The summed E-state index contributed by atoms with van der Waals surface area (Å²) in [6, 6.07) is 14.2. The number of benzene rings is 2. The van der Waals surface area contributed by atoms with Crippen molar-refractivity contribution in [2.24, 2.45) is 0 Å². The number of amides is 1. The molecule has 168 valence electrons. The van der Waals surface area contributed by atoms with E-state index in [0.717, 1.165) is 16.9 Å². The summed E-state index contributed by atoms with van der Waals surface area (Å²) in [5.74, 6) is 1.04. The second-order valence-corrected chi connectivity index (χ2v) is 10.2. The summed E-state index contributed by atoms with van der Waals surface area (Å²) in [7, 11) is -3.60. The van der Waals surface area contributed by atoms with Crippen LogP contribution in [-0.4, -0.2) is 72.9 Å². The van der Waals surface area contributed by atoms with Crippen molar-refractivity contribution in [3.8, 4) is 0 Å². The fourth-order valence-corrected chi connectivity index (χ4v) is 5.87. The zero-order valence-electron chi connectivity index (χ0n) is 17.7. The Labute approximate surface area is 187 Å². The Balaban J connectivity index is 1.25. The zero-order chi connectivity index (χ0) is 22.1. The molecule has 0 atom stereocenters. The number of carbonyl (C=O) groups is 1. The lowest BCUT2D eigenvalue weighted by atomic mass is 9.97. The van der Waals surface area contributed by atoms with Crippen LogP contribution in [0.15, 0.2) is 53.4 Å². The summed E-state index contributed by atoms with van der Waals surface area (Å²) in [5.41, 5.74) is 2.43. The number of para-hydroxylation sites is 2. The number of ether oxygens (including phenoxy) is 1. The van der Waals surface area contributed by atoms with Crippen LogP contribution < -0.4 is 0 Å². The van der Waals surface area contributed by atoms with Gasteiger partial charge in [0.1, 0.15) is 5.82 Å². The molecule has 0 radical (unpaired) electrons. The number of fused-ring (bicyclic) bond motifs is 1. The molecule has 1 aromatic heterocycles. The first kappa shape index (κ1) is 21.1. The van der Waals surface area contributed by atoms with E-state index in [2.05, 4.69) is 9.97 Å². The van der Waals surface area contributed by atoms with Gasteiger partial charge in [0, 0.05) is 37.7 Å². The van der Waals surface area contributed by atoms with Crippen LogP contribution in [0.25, 0.3) is 11.0 Å². The zero-order valence-corrected chi connectivity index (χ0v) is 18.6. The van der Waals surface area contributed by atoms with Gasteiger partial charge < -0.3 is 14.6 Å². The van der Waals surface area contributed by atoms with Crippen LogP contribution >= 0.6 is 0 Å². The highest BCUT2D eigenvalue weighted by molar-refractivity contribution is 7.89. The summed E-state index contributed by atoms with van der Waals surface area (Å²) < 4.78 is 33.1. The van der Waals surface area contributed by atoms with E-state index in [9.17, 15) is 13.2 Å². The molecule has 2 fully saturated rings. The maximum absolute atomic E-state index is 13.1. The fourth-order valence-electron chi connectivity index (χ4n) is 4.40. The van der Waals surface area contributed by atoms with Crippen molar-refractivity contribution in [3.05, 3.63) is 59.9 Å². The monoisotopic (exact) mass is 454 g/mol. The van der Waals surface area contributed by atoms with Crippen LogP contribution in [0, 0.1) is 0 Å². The molecule has 3 heterocycles. The van der Waals surface area contributed by atoms with Crippen LogP contribution in [0.3, 0.4) is 0 Å². The summed E-state index contributed by atoms with van der Waals surface area (Å²) >= 11 is 0. The van der Waals surface area contributed by atoms with Gasteiger partial charge in [-0.2, -0.15) is 4.31 Å². The number of morpholine rings is 1. The molecule has 1 N–H and O–H groups in total. The minimum Gasteiger partial charge on any atom is -0.378 e. The third kappa shape index (κ3) is 4.03. The molecule has 3 aromatic rings. The van der Waals surface area contributed by atoms with Crippen molar-refractivity contribution >= 4 is 27.0 Å². The maximum Gasteiger partial charge on any atom is 0.254 e. The predicted molar refractivity (Wildman–Crippen MR) is 120 cm³/mol. The van der Waals surface area contributed by atoms with Crippen molar-refractivity contribution in [1.29, 1.82) is 0 Å². The lowest BCUT2D eigenvalue weighted by Gasteiger charge is -2.30. The van der Waals surface area contributed by atoms with E-state index < -0.39 is 10.0 Å². The Morgan fingerprint density at radius 2 is 1.66 bits per heavy atom. The van der Waals surface area contributed by atoms with Gasteiger partial charge >= 0.3 is 0 Å².